The van der Waals surface area contributed by atoms with Crippen molar-refractivity contribution in [1.82, 2.24) is 25.0 Å². The predicted molar refractivity (Wildman–Crippen MR) is 99.1 cm³/mol. The summed E-state index contributed by atoms with van der Waals surface area (Å²) >= 11 is 1.77. The van der Waals surface area contributed by atoms with E-state index in [2.05, 4.69) is 25.5 Å². The summed E-state index contributed by atoms with van der Waals surface area (Å²) in [5, 5.41) is 12.1. The number of fused-ring (bicyclic) bond motifs is 3. The molecule has 7 nitrogen and oxygen atoms in total. The minimum absolute atomic E-state index is 0.990. The molecule has 24 heavy (non-hydrogen) atoms. The lowest BCUT2D eigenvalue weighted by molar-refractivity contribution is 0.245. The molecule has 2 aromatic rings. The fourth-order valence-electron chi connectivity index (χ4n) is 3.57. The minimum atomic E-state index is 0.990. The molecule has 0 bridgehead atoms. The van der Waals surface area contributed by atoms with Gasteiger partial charge in [0, 0.05) is 71.2 Å². The number of thiazole rings is 1. The van der Waals surface area contributed by atoms with Crippen molar-refractivity contribution in [3.63, 3.8) is 0 Å². The van der Waals surface area contributed by atoms with Crippen LogP contribution in [-0.2, 0) is 13.5 Å². The third kappa shape index (κ3) is 2.89. The molecule has 1 saturated heterocycles. The third-order valence-electron chi connectivity index (χ3n) is 4.88. The molecule has 130 valence electrons. The van der Waals surface area contributed by atoms with Crippen LogP contribution >= 0.6 is 11.3 Å². The Kier molecular flexibility index (Phi) is 4.43. The number of aryl methyl sites for hydroxylation is 1. The van der Waals surface area contributed by atoms with E-state index in [1.807, 2.05) is 25.0 Å². The molecule has 0 aromatic carbocycles. The predicted octanol–water partition coefficient (Wildman–Crippen LogP) is 0.853. The molecule has 1 fully saturated rings. The molecule has 4 rings (SSSR count). The maximum Gasteiger partial charge on any atom is 0.183 e. The summed E-state index contributed by atoms with van der Waals surface area (Å²) in [5.41, 5.74) is 2.28. The Morgan fingerprint density at radius 1 is 1.25 bits per heavy atom. The molecule has 2 aliphatic rings. The van der Waals surface area contributed by atoms with Crippen LogP contribution in [0.3, 0.4) is 0 Å². The van der Waals surface area contributed by atoms with Crippen LogP contribution < -0.4 is 15.5 Å². The number of rotatable bonds is 4. The van der Waals surface area contributed by atoms with Gasteiger partial charge in [-0.25, -0.2) is 4.98 Å². The van der Waals surface area contributed by atoms with E-state index in [9.17, 15) is 0 Å². The minimum Gasteiger partial charge on any atom is -0.365 e. The quantitative estimate of drug-likeness (QED) is 0.855. The Hall–Kier alpha value is -1.64. The molecule has 0 unspecified atom stereocenters. The monoisotopic (exact) mass is 347 g/mol. The SMILES string of the molecule is CNc1nc2c(s1)CCN(CCN1CCNCC1)c1c-2cnn1C. The van der Waals surface area contributed by atoms with Gasteiger partial charge in [-0.1, -0.05) is 0 Å². The average Bonchev–Trinajstić information content (AvgIpc) is 3.16. The van der Waals surface area contributed by atoms with Crippen molar-refractivity contribution in [3.8, 4) is 11.3 Å². The Morgan fingerprint density at radius 2 is 2.08 bits per heavy atom. The van der Waals surface area contributed by atoms with Crippen molar-refractivity contribution in [3.05, 3.63) is 11.1 Å². The molecule has 0 aliphatic carbocycles. The van der Waals surface area contributed by atoms with Crippen molar-refractivity contribution in [1.29, 1.82) is 0 Å². The number of anilines is 2. The van der Waals surface area contributed by atoms with E-state index in [0.717, 1.165) is 63.1 Å². The van der Waals surface area contributed by atoms with Crippen LogP contribution in [-0.4, -0.2) is 72.5 Å². The second-order valence-corrected chi connectivity index (χ2v) is 7.46. The zero-order valence-corrected chi connectivity index (χ0v) is 15.2. The normalized spacial score (nSPS) is 18.2. The van der Waals surface area contributed by atoms with Crippen LogP contribution in [0.15, 0.2) is 6.20 Å². The van der Waals surface area contributed by atoms with Crippen molar-refractivity contribution in [2.75, 3.05) is 63.1 Å². The number of nitrogens with zero attached hydrogens (tertiary/aromatic N) is 5. The zero-order valence-electron chi connectivity index (χ0n) is 14.4. The standard InChI is InChI=1S/C16H25N7S/c1-17-16-20-14-12-11-19-21(2)15(12)23(6-3-13(14)24-16)10-9-22-7-4-18-5-8-22/h11,18H,3-10H2,1-2H3,(H,17,20). The first kappa shape index (κ1) is 15.9. The van der Waals surface area contributed by atoms with Gasteiger partial charge in [-0.2, -0.15) is 5.10 Å². The third-order valence-corrected chi connectivity index (χ3v) is 6.01. The van der Waals surface area contributed by atoms with Gasteiger partial charge in [-0.15, -0.1) is 11.3 Å². The van der Waals surface area contributed by atoms with Gasteiger partial charge in [0.25, 0.3) is 0 Å². The number of piperazine rings is 1. The van der Waals surface area contributed by atoms with Crippen LogP contribution in [0.4, 0.5) is 10.9 Å². The Bertz CT molecular complexity index is 701. The van der Waals surface area contributed by atoms with Crippen molar-refractivity contribution < 1.29 is 0 Å². The molecule has 2 N–H and O–H groups in total. The average molecular weight is 347 g/mol. The second kappa shape index (κ2) is 6.70. The first-order valence-corrected chi connectivity index (χ1v) is 9.46. The number of hydrogen-bond donors (Lipinski definition) is 2. The molecule has 0 spiro atoms. The molecule has 2 aliphatic heterocycles. The van der Waals surface area contributed by atoms with Crippen LogP contribution in [0.1, 0.15) is 4.88 Å². The van der Waals surface area contributed by atoms with Crippen LogP contribution in [0.25, 0.3) is 11.3 Å². The van der Waals surface area contributed by atoms with E-state index in [-0.39, 0.29) is 0 Å². The van der Waals surface area contributed by atoms with Crippen molar-refractivity contribution >= 4 is 22.3 Å². The lowest BCUT2D eigenvalue weighted by Crippen LogP contribution is -2.46. The Morgan fingerprint density at radius 3 is 2.88 bits per heavy atom. The summed E-state index contributed by atoms with van der Waals surface area (Å²) in [6.07, 6.45) is 3.02. The van der Waals surface area contributed by atoms with Gasteiger partial charge >= 0.3 is 0 Å². The smallest absolute Gasteiger partial charge is 0.183 e. The highest BCUT2D eigenvalue weighted by molar-refractivity contribution is 7.16. The zero-order chi connectivity index (χ0) is 16.5. The number of nitrogens with one attached hydrogen (secondary N) is 2. The van der Waals surface area contributed by atoms with Gasteiger partial charge in [-0.05, 0) is 0 Å². The van der Waals surface area contributed by atoms with E-state index < -0.39 is 0 Å². The summed E-state index contributed by atoms with van der Waals surface area (Å²) in [6.45, 7) is 7.67. The maximum atomic E-state index is 4.78. The lowest BCUT2D eigenvalue weighted by atomic mass is 10.2. The molecule has 0 saturated carbocycles. The highest BCUT2D eigenvalue weighted by Gasteiger charge is 2.26. The molecule has 0 radical (unpaired) electrons. The summed E-state index contributed by atoms with van der Waals surface area (Å²) in [4.78, 5) is 11.2. The fourth-order valence-corrected chi connectivity index (χ4v) is 4.49. The molecule has 2 aromatic heterocycles. The summed E-state index contributed by atoms with van der Waals surface area (Å²) in [7, 11) is 3.97. The van der Waals surface area contributed by atoms with Crippen molar-refractivity contribution in [2.24, 2.45) is 7.05 Å². The molecule has 0 atom stereocenters. The van der Waals surface area contributed by atoms with Gasteiger partial charge in [-0.3, -0.25) is 9.58 Å². The highest BCUT2D eigenvalue weighted by Crippen LogP contribution is 2.39. The topological polar surface area (TPSA) is 61.3 Å². The number of hydrogen-bond acceptors (Lipinski definition) is 7. The van der Waals surface area contributed by atoms with E-state index in [1.54, 1.807) is 11.3 Å². The van der Waals surface area contributed by atoms with E-state index >= 15 is 0 Å². The summed E-state index contributed by atoms with van der Waals surface area (Å²) in [6, 6.07) is 0. The number of aromatic nitrogens is 3. The lowest BCUT2D eigenvalue weighted by Gasteiger charge is -2.31. The molecular formula is C16H25N7S. The highest BCUT2D eigenvalue weighted by atomic mass is 32.1. The second-order valence-electron chi connectivity index (χ2n) is 6.37. The molecule has 8 heteroatoms. The molecular weight excluding hydrogens is 322 g/mol. The summed E-state index contributed by atoms with van der Waals surface area (Å²) < 4.78 is 2.00. The van der Waals surface area contributed by atoms with Gasteiger partial charge in [0.15, 0.2) is 5.13 Å². The van der Waals surface area contributed by atoms with Crippen LogP contribution in [0.2, 0.25) is 0 Å². The largest absolute Gasteiger partial charge is 0.365 e. The fraction of sp³-hybridized carbons (Fsp3) is 0.625. The van der Waals surface area contributed by atoms with E-state index in [1.165, 1.54) is 16.3 Å². The van der Waals surface area contributed by atoms with Gasteiger partial charge in [0.05, 0.1) is 17.5 Å². The summed E-state index contributed by atoms with van der Waals surface area (Å²) in [5.74, 6) is 1.21. The van der Waals surface area contributed by atoms with E-state index in [4.69, 9.17) is 4.98 Å². The van der Waals surface area contributed by atoms with Crippen molar-refractivity contribution in [2.45, 2.75) is 6.42 Å². The maximum absolute atomic E-state index is 4.78. The Balaban J connectivity index is 1.58. The van der Waals surface area contributed by atoms with Gasteiger partial charge in [0.2, 0.25) is 0 Å². The van der Waals surface area contributed by atoms with E-state index in [0.29, 0.717) is 0 Å². The first-order chi connectivity index (χ1) is 11.8. The Labute approximate surface area is 146 Å². The van der Waals surface area contributed by atoms with Crippen LogP contribution in [0, 0.1) is 0 Å². The molecule has 4 heterocycles. The molecule has 0 amide bonds. The van der Waals surface area contributed by atoms with Crippen LogP contribution in [0.5, 0.6) is 0 Å². The first-order valence-electron chi connectivity index (χ1n) is 8.64. The van der Waals surface area contributed by atoms with Gasteiger partial charge < -0.3 is 15.5 Å². The van der Waals surface area contributed by atoms with Gasteiger partial charge in [0.1, 0.15) is 5.82 Å².